The molecule has 0 spiro atoms. The van der Waals surface area contributed by atoms with Crippen LogP contribution in [0.5, 0.6) is 5.75 Å². The SMILES string of the molecule is CN(CCOCCOCCOCCOCCOCCOCCOCCOCCOCCOCCC(=O)Oc1c(F)c(F)c(F)c(F)c1F)C(=O)OC(C)(C)C. The lowest BCUT2D eigenvalue weighted by molar-refractivity contribution is -0.136. The van der Waals surface area contributed by atoms with E-state index in [1.807, 2.05) is 20.8 Å². The molecule has 15 nitrogen and oxygen atoms in total. The third kappa shape index (κ3) is 25.9. The van der Waals surface area contributed by atoms with Crippen molar-refractivity contribution in [2.24, 2.45) is 0 Å². The second kappa shape index (κ2) is 31.3. The Hall–Kier alpha value is -2.79. The standard InChI is InChI=1S/C35H56F5NO14/c1-35(2,3)55-34(43)41(4)6-8-45-10-12-47-14-16-49-18-20-51-22-24-53-26-25-52-23-21-50-19-17-48-15-13-46-11-9-44-7-5-27(42)54-33-31(39)29(37)28(36)30(38)32(33)40/h5-26H2,1-4H3. The van der Waals surface area contributed by atoms with Crippen LogP contribution in [0.1, 0.15) is 27.2 Å². The van der Waals surface area contributed by atoms with Crippen LogP contribution < -0.4 is 4.74 Å². The molecule has 0 atom stereocenters. The number of ether oxygens (including phenoxy) is 12. The molecular weight excluding hydrogens is 753 g/mol. The average molecular weight is 810 g/mol. The molecule has 1 amide bonds. The predicted molar refractivity (Wildman–Crippen MR) is 184 cm³/mol. The van der Waals surface area contributed by atoms with E-state index in [1.54, 1.807) is 7.05 Å². The van der Waals surface area contributed by atoms with Gasteiger partial charge >= 0.3 is 12.1 Å². The van der Waals surface area contributed by atoms with Gasteiger partial charge < -0.3 is 61.7 Å². The van der Waals surface area contributed by atoms with Crippen LogP contribution in [-0.4, -0.2) is 168 Å². The number of likely N-dealkylation sites (N-methyl/N-ethyl adjacent to an activating group) is 1. The molecule has 0 unspecified atom stereocenters. The maximum Gasteiger partial charge on any atom is 0.410 e. The van der Waals surface area contributed by atoms with Gasteiger partial charge in [0.05, 0.1) is 139 Å². The molecule has 0 aromatic heterocycles. The van der Waals surface area contributed by atoms with E-state index < -0.39 is 52.8 Å². The van der Waals surface area contributed by atoms with Gasteiger partial charge in [0.1, 0.15) is 5.60 Å². The van der Waals surface area contributed by atoms with Crippen LogP contribution in [-0.2, 0) is 56.9 Å². The lowest BCUT2D eigenvalue weighted by atomic mass is 10.2. The van der Waals surface area contributed by atoms with E-state index in [0.717, 1.165) is 0 Å². The van der Waals surface area contributed by atoms with Crippen molar-refractivity contribution in [1.82, 2.24) is 4.90 Å². The molecule has 320 valence electrons. The van der Waals surface area contributed by atoms with Gasteiger partial charge in [-0.1, -0.05) is 0 Å². The van der Waals surface area contributed by atoms with E-state index in [2.05, 4.69) is 4.74 Å². The highest BCUT2D eigenvalue weighted by molar-refractivity contribution is 5.72. The second-order valence-corrected chi connectivity index (χ2v) is 12.1. The smallest absolute Gasteiger partial charge is 0.410 e. The molecule has 20 heteroatoms. The van der Waals surface area contributed by atoms with Crippen LogP contribution in [0.3, 0.4) is 0 Å². The van der Waals surface area contributed by atoms with Gasteiger partial charge in [-0.25, -0.2) is 18.0 Å². The number of hydrogen-bond donors (Lipinski definition) is 0. The van der Waals surface area contributed by atoms with Crippen molar-refractivity contribution in [3.05, 3.63) is 29.1 Å². The normalized spacial score (nSPS) is 11.7. The van der Waals surface area contributed by atoms with Crippen molar-refractivity contribution in [1.29, 1.82) is 0 Å². The number of benzene rings is 1. The Labute approximate surface area is 318 Å². The summed E-state index contributed by atoms with van der Waals surface area (Å²) in [4.78, 5) is 25.0. The van der Waals surface area contributed by atoms with Crippen LogP contribution in [0.15, 0.2) is 0 Å². The predicted octanol–water partition coefficient (Wildman–Crippen LogP) is 3.71. The van der Waals surface area contributed by atoms with Gasteiger partial charge in [0, 0.05) is 13.6 Å². The first-order chi connectivity index (χ1) is 26.3. The zero-order chi connectivity index (χ0) is 40.7. The first kappa shape index (κ1) is 50.2. The monoisotopic (exact) mass is 809 g/mol. The fourth-order valence-electron chi connectivity index (χ4n) is 3.71. The molecule has 0 fully saturated rings. The minimum Gasteiger partial charge on any atom is -0.444 e. The topological polar surface area (TPSA) is 148 Å². The molecule has 0 aliphatic carbocycles. The quantitative estimate of drug-likeness (QED) is 0.0249. The van der Waals surface area contributed by atoms with Crippen LogP contribution in [0.2, 0.25) is 0 Å². The highest BCUT2D eigenvalue weighted by Crippen LogP contribution is 2.29. The van der Waals surface area contributed by atoms with E-state index in [9.17, 15) is 31.5 Å². The Morgan fingerprint density at radius 3 is 1.04 bits per heavy atom. The molecule has 0 bridgehead atoms. The lowest BCUT2D eigenvalue weighted by Gasteiger charge is -2.24. The lowest BCUT2D eigenvalue weighted by Crippen LogP contribution is -2.36. The zero-order valence-electron chi connectivity index (χ0n) is 32.1. The molecule has 0 heterocycles. The van der Waals surface area contributed by atoms with Gasteiger partial charge in [0.25, 0.3) is 0 Å². The molecule has 0 saturated carbocycles. The summed E-state index contributed by atoms with van der Waals surface area (Å²) in [7, 11) is 1.66. The van der Waals surface area contributed by atoms with Crippen molar-refractivity contribution in [2.75, 3.05) is 146 Å². The Bertz CT molecular complexity index is 1150. The Morgan fingerprint density at radius 2 is 0.727 bits per heavy atom. The van der Waals surface area contributed by atoms with Gasteiger partial charge in [-0.3, -0.25) is 4.79 Å². The first-order valence-electron chi connectivity index (χ1n) is 17.8. The van der Waals surface area contributed by atoms with Gasteiger partial charge in [0.2, 0.25) is 34.8 Å². The summed E-state index contributed by atoms with van der Waals surface area (Å²) in [6, 6.07) is 0. The fraction of sp³-hybridized carbons (Fsp3) is 0.771. The van der Waals surface area contributed by atoms with Crippen LogP contribution in [0.4, 0.5) is 26.7 Å². The minimum absolute atomic E-state index is 0.0746. The molecule has 55 heavy (non-hydrogen) atoms. The summed E-state index contributed by atoms with van der Waals surface area (Å²) in [5, 5.41) is 0. The van der Waals surface area contributed by atoms with Crippen LogP contribution >= 0.6 is 0 Å². The first-order valence-corrected chi connectivity index (χ1v) is 17.8. The van der Waals surface area contributed by atoms with E-state index in [0.29, 0.717) is 112 Å². The van der Waals surface area contributed by atoms with Crippen molar-refractivity contribution in [2.45, 2.75) is 32.8 Å². The van der Waals surface area contributed by atoms with E-state index in [4.69, 9.17) is 52.1 Å². The molecular formula is C35H56F5NO14. The molecule has 1 aromatic rings. The number of carbonyl (C=O) groups excluding carboxylic acids is 2. The van der Waals surface area contributed by atoms with Crippen molar-refractivity contribution in [3.8, 4) is 5.75 Å². The number of hydrogen-bond acceptors (Lipinski definition) is 14. The number of esters is 1. The third-order valence-electron chi connectivity index (χ3n) is 6.46. The number of rotatable bonds is 34. The minimum atomic E-state index is -2.35. The summed E-state index contributed by atoms with van der Waals surface area (Å²) in [6.45, 7) is 12.7. The summed E-state index contributed by atoms with van der Waals surface area (Å²) < 4.78 is 130. The molecule has 0 aliphatic heterocycles. The van der Waals surface area contributed by atoms with Crippen molar-refractivity contribution < 1.29 is 88.4 Å². The van der Waals surface area contributed by atoms with Gasteiger partial charge in [-0.15, -0.1) is 0 Å². The van der Waals surface area contributed by atoms with Crippen molar-refractivity contribution in [3.63, 3.8) is 0 Å². The Morgan fingerprint density at radius 1 is 0.455 bits per heavy atom. The van der Waals surface area contributed by atoms with Crippen LogP contribution in [0.25, 0.3) is 0 Å². The average Bonchev–Trinajstić information content (AvgIpc) is 3.14. The number of nitrogens with zero attached hydrogens (tertiary/aromatic N) is 1. The molecule has 0 aliphatic rings. The maximum atomic E-state index is 13.6. The second-order valence-electron chi connectivity index (χ2n) is 12.1. The highest BCUT2D eigenvalue weighted by Gasteiger charge is 2.28. The summed E-state index contributed by atoms with van der Waals surface area (Å²) in [5.41, 5.74) is -0.532. The Kier molecular flexibility index (Phi) is 28.6. The molecule has 0 radical (unpaired) electrons. The number of amides is 1. The van der Waals surface area contributed by atoms with Crippen molar-refractivity contribution >= 4 is 12.1 Å². The molecule has 0 N–H and O–H groups in total. The third-order valence-corrected chi connectivity index (χ3v) is 6.46. The number of carbonyl (C=O) groups is 2. The Balaban J connectivity index is 1.75. The van der Waals surface area contributed by atoms with Crippen LogP contribution in [0, 0.1) is 29.1 Å². The molecule has 1 rings (SSSR count). The summed E-state index contributed by atoms with van der Waals surface area (Å²) in [6.07, 6.45) is -0.879. The van der Waals surface area contributed by atoms with E-state index in [1.165, 1.54) is 4.90 Å². The highest BCUT2D eigenvalue weighted by atomic mass is 19.2. The zero-order valence-corrected chi connectivity index (χ0v) is 32.1. The van der Waals surface area contributed by atoms with Gasteiger partial charge in [-0.2, -0.15) is 8.78 Å². The fourth-order valence-corrected chi connectivity index (χ4v) is 3.71. The van der Waals surface area contributed by atoms with Gasteiger partial charge in [-0.05, 0) is 20.8 Å². The largest absolute Gasteiger partial charge is 0.444 e. The summed E-state index contributed by atoms with van der Waals surface area (Å²) in [5.74, 6) is -14.2. The van der Waals surface area contributed by atoms with E-state index >= 15 is 0 Å². The maximum absolute atomic E-state index is 13.6. The molecule has 0 saturated heterocycles. The van der Waals surface area contributed by atoms with Gasteiger partial charge in [0.15, 0.2) is 0 Å². The number of halogens is 5. The molecule has 1 aromatic carbocycles. The summed E-state index contributed by atoms with van der Waals surface area (Å²) >= 11 is 0. The van der Waals surface area contributed by atoms with E-state index in [-0.39, 0.29) is 32.5 Å².